The lowest BCUT2D eigenvalue weighted by Crippen LogP contribution is -2.40. The fourth-order valence-corrected chi connectivity index (χ4v) is 4.52. The summed E-state index contributed by atoms with van der Waals surface area (Å²) in [7, 11) is 0. The number of hydrogen-bond acceptors (Lipinski definition) is 4. The van der Waals surface area contributed by atoms with Gasteiger partial charge in [-0.05, 0) is 62.1 Å². The van der Waals surface area contributed by atoms with Gasteiger partial charge >= 0.3 is 6.18 Å². The Kier molecular flexibility index (Phi) is 5.64. The number of para-hydroxylation sites is 1. The second kappa shape index (κ2) is 8.22. The lowest BCUT2D eigenvalue weighted by Gasteiger charge is -2.30. The number of thiazole rings is 1. The summed E-state index contributed by atoms with van der Waals surface area (Å²) in [6, 6.07) is 10.6. The number of nitrogens with one attached hydrogen (secondary N) is 2. The van der Waals surface area contributed by atoms with E-state index in [1.807, 2.05) is 0 Å². The van der Waals surface area contributed by atoms with Crippen LogP contribution in [0.5, 0.6) is 0 Å². The number of fused-ring (bicyclic) bond motifs is 1. The quantitative estimate of drug-likeness (QED) is 0.522. The number of amides is 1. The lowest BCUT2D eigenvalue weighted by molar-refractivity contribution is -0.137. The highest BCUT2D eigenvalue weighted by Gasteiger charge is 2.35. The van der Waals surface area contributed by atoms with E-state index in [0.717, 1.165) is 25.7 Å². The van der Waals surface area contributed by atoms with Gasteiger partial charge in [-0.3, -0.25) is 4.79 Å². The largest absolute Gasteiger partial charge is 0.443 e. The van der Waals surface area contributed by atoms with Gasteiger partial charge in [0, 0.05) is 17.6 Å². The van der Waals surface area contributed by atoms with E-state index in [4.69, 9.17) is 0 Å². The first-order valence-corrected chi connectivity index (χ1v) is 10.4. The third-order valence-corrected chi connectivity index (χ3v) is 6.26. The summed E-state index contributed by atoms with van der Waals surface area (Å²) < 4.78 is 52.4. The number of carbonyl (C=O) groups is 1. The molecule has 9 heteroatoms. The number of carbonyl (C=O) groups excluding carboxylic acids is 1. The molecule has 0 radical (unpaired) electrons. The first-order valence-electron chi connectivity index (χ1n) is 9.59. The van der Waals surface area contributed by atoms with Crippen molar-refractivity contribution < 1.29 is 22.4 Å². The molecule has 1 fully saturated rings. The van der Waals surface area contributed by atoms with Crippen LogP contribution in [0.1, 0.15) is 41.0 Å². The number of anilines is 1. The maximum atomic E-state index is 13.0. The zero-order valence-corrected chi connectivity index (χ0v) is 16.6. The maximum absolute atomic E-state index is 13.0. The van der Waals surface area contributed by atoms with Crippen LogP contribution in [0.25, 0.3) is 10.2 Å². The topological polar surface area (TPSA) is 54.0 Å². The van der Waals surface area contributed by atoms with E-state index in [0.29, 0.717) is 32.8 Å². The van der Waals surface area contributed by atoms with Crippen molar-refractivity contribution in [2.75, 3.05) is 5.32 Å². The fourth-order valence-electron chi connectivity index (χ4n) is 3.66. The van der Waals surface area contributed by atoms with Gasteiger partial charge in [0.05, 0.1) is 10.4 Å². The summed E-state index contributed by atoms with van der Waals surface area (Å²) >= 11 is 0.639. The molecule has 1 heterocycles. The smallest absolute Gasteiger partial charge is 0.381 e. The Bertz CT molecular complexity index is 1040. The SMILES string of the molecule is O=C(N[C@H]1CC[C@@H](Nc2cccc3sc(C(F)(F)F)nc23)CC1)c1ccc(F)cc1. The first kappa shape index (κ1) is 20.6. The third kappa shape index (κ3) is 4.56. The average molecular weight is 437 g/mol. The predicted octanol–water partition coefficient (Wildman–Crippen LogP) is 5.61. The van der Waals surface area contributed by atoms with Gasteiger partial charge in [-0.1, -0.05) is 6.07 Å². The normalized spacial score (nSPS) is 19.6. The Morgan fingerprint density at radius 1 is 1.00 bits per heavy atom. The molecule has 1 aliphatic carbocycles. The Morgan fingerprint density at radius 2 is 1.67 bits per heavy atom. The second-order valence-electron chi connectivity index (χ2n) is 7.34. The summed E-state index contributed by atoms with van der Waals surface area (Å²) in [4.78, 5) is 16.1. The van der Waals surface area contributed by atoms with Crippen molar-refractivity contribution in [3.63, 3.8) is 0 Å². The number of rotatable bonds is 4. The minimum atomic E-state index is -4.46. The van der Waals surface area contributed by atoms with E-state index in [1.165, 1.54) is 24.3 Å². The summed E-state index contributed by atoms with van der Waals surface area (Å²) in [5.41, 5.74) is 1.34. The summed E-state index contributed by atoms with van der Waals surface area (Å²) in [6.45, 7) is 0. The molecule has 0 bridgehead atoms. The molecule has 0 saturated heterocycles. The minimum absolute atomic E-state index is 0.00694. The van der Waals surface area contributed by atoms with E-state index in [2.05, 4.69) is 15.6 Å². The molecular formula is C21H19F4N3OS. The fraction of sp³-hybridized carbons (Fsp3) is 0.333. The van der Waals surface area contributed by atoms with Gasteiger partial charge in [0.2, 0.25) is 0 Å². The molecule has 158 valence electrons. The van der Waals surface area contributed by atoms with Crippen LogP contribution in [0, 0.1) is 5.82 Å². The van der Waals surface area contributed by atoms with E-state index in [9.17, 15) is 22.4 Å². The summed E-state index contributed by atoms with van der Waals surface area (Å²) in [5.74, 6) is -0.631. The van der Waals surface area contributed by atoms with Crippen molar-refractivity contribution in [1.29, 1.82) is 0 Å². The molecule has 1 aliphatic rings. The predicted molar refractivity (Wildman–Crippen MR) is 108 cm³/mol. The Hall–Kier alpha value is -2.68. The summed E-state index contributed by atoms with van der Waals surface area (Å²) in [6.07, 6.45) is -1.44. The van der Waals surface area contributed by atoms with Gasteiger partial charge < -0.3 is 10.6 Å². The van der Waals surface area contributed by atoms with Gasteiger partial charge in [0.1, 0.15) is 11.3 Å². The lowest BCUT2D eigenvalue weighted by atomic mass is 9.90. The standard InChI is InChI=1S/C21H19F4N3OS/c22-13-6-4-12(5-7-13)19(29)27-15-10-8-14(9-11-15)26-16-2-1-3-17-18(16)28-20(30-17)21(23,24)25/h1-7,14-15,26H,8-11H2,(H,27,29)/t14-,15+. The van der Waals surface area contributed by atoms with Crippen LogP contribution in [0.2, 0.25) is 0 Å². The number of benzene rings is 2. The number of halogens is 4. The Balaban J connectivity index is 1.36. The second-order valence-corrected chi connectivity index (χ2v) is 8.37. The number of aromatic nitrogens is 1. The van der Waals surface area contributed by atoms with Crippen LogP contribution in [-0.4, -0.2) is 23.0 Å². The van der Waals surface area contributed by atoms with Crippen molar-refractivity contribution in [3.05, 3.63) is 58.9 Å². The van der Waals surface area contributed by atoms with E-state index >= 15 is 0 Å². The molecule has 1 aromatic heterocycles. The minimum Gasteiger partial charge on any atom is -0.381 e. The molecule has 0 aliphatic heterocycles. The van der Waals surface area contributed by atoms with Crippen molar-refractivity contribution in [3.8, 4) is 0 Å². The van der Waals surface area contributed by atoms with Crippen LogP contribution >= 0.6 is 11.3 Å². The molecule has 0 atom stereocenters. The highest BCUT2D eigenvalue weighted by molar-refractivity contribution is 7.18. The molecule has 0 spiro atoms. The average Bonchev–Trinajstić information content (AvgIpc) is 3.16. The molecule has 3 aromatic rings. The van der Waals surface area contributed by atoms with Crippen LogP contribution < -0.4 is 10.6 Å². The van der Waals surface area contributed by atoms with E-state index in [-0.39, 0.29) is 18.0 Å². The number of alkyl halides is 3. The summed E-state index contributed by atoms with van der Waals surface area (Å²) in [5, 5.41) is 5.44. The zero-order valence-electron chi connectivity index (χ0n) is 15.8. The van der Waals surface area contributed by atoms with Crippen molar-refractivity contribution in [2.24, 2.45) is 0 Å². The maximum Gasteiger partial charge on any atom is 0.443 e. The van der Waals surface area contributed by atoms with Crippen LogP contribution in [0.3, 0.4) is 0 Å². The molecule has 4 nitrogen and oxygen atoms in total. The molecule has 1 amide bonds. The van der Waals surface area contributed by atoms with Gasteiger partial charge in [0.15, 0.2) is 5.01 Å². The highest BCUT2D eigenvalue weighted by atomic mass is 32.1. The van der Waals surface area contributed by atoms with Crippen LogP contribution in [0.4, 0.5) is 23.2 Å². The van der Waals surface area contributed by atoms with E-state index < -0.39 is 17.0 Å². The third-order valence-electron chi connectivity index (χ3n) is 5.19. The van der Waals surface area contributed by atoms with Gasteiger partial charge in [-0.2, -0.15) is 13.2 Å². The molecule has 0 unspecified atom stereocenters. The Labute approximate surface area is 174 Å². The number of nitrogens with zero attached hydrogens (tertiary/aromatic N) is 1. The van der Waals surface area contributed by atoms with Crippen molar-refractivity contribution in [2.45, 2.75) is 43.9 Å². The molecule has 2 aromatic carbocycles. The molecule has 30 heavy (non-hydrogen) atoms. The molecular weight excluding hydrogens is 418 g/mol. The highest BCUT2D eigenvalue weighted by Crippen LogP contribution is 2.38. The number of hydrogen-bond donors (Lipinski definition) is 2. The van der Waals surface area contributed by atoms with Crippen LogP contribution in [-0.2, 0) is 6.18 Å². The molecule has 2 N–H and O–H groups in total. The van der Waals surface area contributed by atoms with Crippen LogP contribution in [0.15, 0.2) is 42.5 Å². The van der Waals surface area contributed by atoms with Gasteiger partial charge in [-0.25, -0.2) is 9.37 Å². The van der Waals surface area contributed by atoms with E-state index in [1.54, 1.807) is 18.2 Å². The zero-order chi connectivity index (χ0) is 21.3. The van der Waals surface area contributed by atoms with Gasteiger partial charge in [0.25, 0.3) is 5.91 Å². The van der Waals surface area contributed by atoms with Crippen molar-refractivity contribution >= 4 is 33.1 Å². The van der Waals surface area contributed by atoms with Gasteiger partial charge in [-0.15, -0.1) is 11.3 Å². The first-order chi connectivity index (χ1) is 14.3. The monoisotopic (exact) mass is 437 g/mol. The molecule has 4 rings (SSSR count). The molecule has 1 saturated carbocycles. The Morgan fingerprint density at radius 3 is 2.33 bits per heavy atom. The van der Waals surface area contributed by atoms with Crippen molar-refractivity contribution in [1.82, 2.24) is 10.3 Å².